The number of hydrazone groups is 1. The third-order valence-corrected chi connectivity index (χ3v) is 2.68. The number of hydrogen-bond donors (Lipinski definition) is 2. The molecule has 4 nitrogen and oxygen atoms in total. The van der Waals surface area contributed by atoms with Crippen LogP contribution in [0.3, 0.4) is 0 Å². The third kappa shape index (κ3) is 5.26. The van der Waals surface area contributed by atoms with Crippen molar-refractivity contribution in [2.45, 2.75) is 33.2 Å². The predicted octanol–water partition coefficient (Wildman–Crippen LogP) is 2.68. The first-order chi connectivity index (χ1) is 9.06. The fourth-order valence-corrected chi connectivity index (χ4v) is 1.83. The average molecular weight is 279 g/mol. The summed E-state index contributed by atoms with van der Waals surface area (Å²) in [6.07, 6.45) is 0.823. The van der Waals surface area contributed by atoms with Crippen molar-refractivity contribution >= 4 is 23.0 Å². The van der Waals surface area contributed by atoms with Gasteiger partial charge in [0, 0.05) is 6.04 Å². The first-order valence-electron chi connectivity index (χ1n) is 6.34. The minimum absolute atomic E-state index is 0.293. The van der Waals surface area contributed by atoms with E-state index in [1.165, 1.54) is 0 Å². The summed E-state index contributed by atoms with van der Waals surface area (Å²) in [6.45, 7) is 6.12. The van der Waals surface area contributed by atoms with Crippen molar-refractivity contribution in [2.75, 3.05) is 7.11 Å². The van der Waals surface area contributed by atoms with Crippen LogP contribution in [0.4, 0.5) is 0 Å². The van der Waals surface area contributed by atoms with Gasteiger partial charge in [-0.25, -0.2) is 0 Å². The van der Waals surface area contributed by atoms with Crippen molar-refractivity contribution in [3.8, 4) is 5.75 Å². The number of methoxy groups -OCH3 is 1. The molecular formula is C14H21N3OS. The van der Waals surface area contributed by atoms with Gasteiger partial charge >= 0.3 is 0 Å². The van der Waals surface area contributed by atoms with Gasteiger partial charge in [0.15, 0.2) is 5.11 Å². The smallest absolute Gasteiger partial charge is 0.187 e. The Morgan fingerprint density at radius 2 is 1.95 bits per heavy atom. The molecule has 0 saturated heterocycles. The highest BCUT2D eigenvalue weighted by Gasteiger charge is 2.03. The summed E-state index contributed by atoms with van der Waals surface area (Å²) >= 11 is 5.14. The molecule has 0 heterocycles. The Bertz CT molecular complexity index is 441. The van der Waals surface area contributed by atoms with E-state index in [1.54, 1.807) is 7.11 Å². The molecule has 0 amide bonds. The summed E-state index contributed by atoms with van der Waals surface area (Å²) in [5.74, 6) is 0.837. The van der Waals surface area contributed by atoms with Crippen LogP contribution in [-0.2, 0) is 0 Å². The summed E-state index contributed by atoms with van der Waals surface area (Å²) in [5, 5.41) is 7.96. The van der Waals surface area contributed by atoms with Gasteiger partial charge in [-0.2, -0.15) is 5.10 Å². The average Bonchev–Trinajstić information content (AvgIpc) is 2.39. The van der Waals surface area contributed by atoms with E-state index in [4.69, 9.17) is 17.0 Å². The van der Waals surface area contributed by atoms with Gasteiger partial charge in [0.05, 0.1) is 12.8 Å². The van der Waals surface area contributed by atoms with Gasteiger partial charge in [0.2, 0.25) is 0 Å². The van der Waals surface area contributed by atoms with Crippen molar-refractivity contribution in [3.05, 3.63) is 29.8 Å². The van der Waals surface area contributed by atoms with Crippen LogP contribution < -0.4 is 15.5 Å². The maximum Gasteiger partial charge on any atom is 0.187 e. The molecule has 0 aromatic heterocycles. The minimum Gasteiger partial charge on any atom is -0.497 e. The third-order valence-electron chi connectivity index (χ3n) is 2.47. The monoisotopic (exact) mass is 279 g/mol. The van der Waals surface area contributed by atoms with E-state index in [0.29, 0.717) is 11.2 Å². The standard InChI is InChI=1S/C14H21N3OS/c1-5-13(16-17-14(19)15-10(2)3)11-6-8-12(18-4)9-7-11/h6-10H,5H2,1-4H3,(H2,15,17,19)/b16-13-. The lowest BCUT2D eigenvalue weighted by atomic mass is 10.1. The predicted molar refractivity (Wildman–Crippen MR) is 83.8 cm³/mol. The normalized spacial score (nSPS) is 11.3. The fourth-order valence-electron chi connectivity index (χ4n) is 1.54. The molecule has 0 bridgehead atoms. The summed E-state index contributed by atoms with van der Waals surface area (Å²) < 4.78 is 5.14. The van der Waals surface area contributed by atoms with Crippen LogP contribution in [0.15, 0.2) is 29.4 Å². The number of hydrogen-bond acceptors (Lipinski definition) is 3. The topological polar surface area (TPSA) is 45.7 Å². The van der Waals surface area contributed by atoms with Crippen LogP contribution in [0.1, 0.15) is 32.8 Å². The first kappa shape index (κ1) is 15.4. The quantitative estimate of drug-likeness (QED) is 0.494. The minimum atomic E-state index is 0.293. The lowest BCUT2D eigenvalue weighted by Gasteiger charge is -2.11. The van der Waals surface area contributed by atoms with E-state index < -0.39 is 0 Å². The van der Waals surface area contributed by atoms with Crippen LogP contribution in [-0.4, -0.2) is 24.0 Å². The maximum atomic E-state index is 5.14. The highest BCUT2D eigenvalue weighted by atomic mass is 32.1. The Morgan fingerprint density at radius 3 is 2.42 bits per heavy atom. The van der Waals surface area contributed by atoms with E-state index in [-0.39, 0.29) is 0 Å². The highest BCUT2D eigenvalue weighted by molar-refractivity contribution is 7.80. The Balaban J connectivity index is 2.73. The summed E-state index contributed by atoms with van der Waals surface area (Å²) in [4.78, 5) is 0. The van der Waals surface area contributed by atoms with Crippen molar-refractivity contribution < 1.29 is 4.74 Å². The summed E-state index contributed by atoms with van der Waals surface area (Å²) in [6, 6.07) is 8.11. The second-order valence-corrected chi connectivity index (χ2v) is 4.79. The summed E-state index contributed by atoms with van der Waals surface area (Å²) in [5.41, 5.74) is 4.88. The Labute approximate surface area is 120 Å². The second kappa shape index (κ2) is 7.74. The number of nitrogens with one attached hydrogen (secondary N) is 2. The van der Waals surface area contributed by atoms with E-state index in [9.17, 15) is 0 Å². The van der Waals surface area contributed by atoms with Crippen LogP contribution in [0.2, 0.25) is 0 Å². The van der Waals surface area contributed by atoms with E-state index in [0.717, 1.165) is 23.4 Å². The number of benzene rings is 1. The highest BCUT2D eigenvalue weighted by Crippen LogP contribution is 2.13. The molecule has 0 aliphatic rings. The zero-order valence-electron chi connectivity index (χ0n) is 11.9. The van der Waals surface area contributed by atoms with Gasteiger partial charge in [-0.3, -0.25) is 5.43 Å². The molecule has 5 heteroatoms. The van der Waals surface area contributed by atoms with Crippen molar-refractivity contribution in [3.63, 3.8) is 0 Å². The van der Waals surface area contributed by atoms with Crippen LogP contribution in [0.5, 0.6) is 5.75 Å². The second-order valence-electron chi connectivity index (χ2n) is 4.38. The van der Waals surface area contributed by atoms with Gasteiger partial charge in [0.1, 0.15) is 5.75 Å². The molecule has 19 heavy (non-hydrogen) atoms. The molecule has 0 radical (unpaired) electrons. The largest absolute Gasteiger partial charge is 0.497 e. The van der Waals surface area contributed by atoms with Gasteiger partial charge in [-0.05, 0) is 62.3 Å². The maximum absolute atomic E-state index is 5.14. The molecule has 104 valence electrons. The fraction of sp³-hybridized carbons (Fsp3) is 0.429. The first-order valence-corrected chi connectivity index (χ1v) is 6.75. The zero-order valence-corrected chi connectivity index (χ0v) is 12.7. The Morgan fingerprint density at radius 1 is 1.32 bits per heavy atom. The molecule has 1 aromatic carbocycles. The molecule has 1 rings (SSSR count). The molecule has 0 saturated carbocycles. The lowest BCUT2D eigenvalue weighted by Crippen LogP contribution is -2.37. The molecule has 0 aliphatic heterocycles. The number of ether oxygens (including phenoxy) is 1. The zero-order chi connectivity index (χ0) is 14.3. The van der Waals surface area contributed by atoms with Crippen LogP contribution >= 0.6 is 12.2 Å². The number of thiocarbonyl (C=S) groups is 1. The molecule has 1 aromatic rings. The van der Waals surface area contributed by atoms with Crippen LogP contribution in [0, 0.1) is 0 Å². The van der Waals surface area contributed by atoms with Crippen molar-refractivity contribution in [1.82, 2.24) is 10.7 Å². The molecule has 0 unspecified atom stereocenters. The number of nitrogens with zero attached hydrogens (tertiary/aromatic N) is 1. The molecule has 0 atom stereocenters. The van der Waals surface area contributed by atoms with Gasteiger partial charge in [-0.1, -0.05) is 6.92 Å². The molecule has 0 spiro atoms. The van der Waals surface area contributed by atoms with E-state index >= 15 is 0 Å². The number of rotatable bonds is 5. The van der Waals surface area contributed by atoms with Gasteiger partial charge < -0.3 is 10.1 Å². The van der Waals surface area contributed by atoms with Gasteiger partial charge in [-0.15, -0.1) is 0 Å². The van der Waals surface area contributed by atoms with E-state index in [2.05, 4.69) is 22.8 Å². The summed E-state index contributed by atoms with van der Waals surface area (Å²) in [7, 11) is 1.65. The van der Waals surface area contributed by atoms with Crippen LogP contribution in [0.25, 0.3) is 0 Å². The SMILES string of the molecule is CC/C(=N/NC(=S)NC(C)C)c1ccc(OC)cc1. The molecule has 0 aliphatic carbocycles. The van der Waals surface area contributed by atoms with Crippen molar-refractivity contribution in [2.24, 2.45) is 5.10 Å². The lowest BCUT2D eigenvalue weighted by molar-refractivity contribution is 0.415. The molecule has 0 fully saturated rings. The van der Waals surface area contributed by atoms with Gasteiger partial charge in [0.25, 0.3) is 0 Å². The molecule has 2 N–H and O–H groups in total. The van der Waals surface area contributed by atoms with Crippen molar-refractivity contribution in [1.29, 1.82) is 0 Å². The van der Waals surface area contributed by atoms with E-state index in [1.807, 2.05) is 38.1 Å². The Hall–Kier alpha value is -1.62. The Kier molecular flexibility index (Phi) is 6.29. The molecular weight excluding hydrogens is 258 g/mol.